The Hall–Kier alpha value is -2.91. The highest BCUT2D eigenvalue weighted by atomic mass is 16.2. The van der Waals surface area contributed by atoms with Crippen molar-refractivity contribution in [2.75, 3.05) is 0 Å². The summed E-state index contributed by atoms with van der Waals surface area (Å²) >= 11 is 0. The molecule has 0 fully saturated rings. The zero-order valence-corrected chi connectivity index (χ0v) is 20.7. The van der Waals surface area contributed by atoms with E-state index in [4.69, 9.17) is 0 Å². The molecule has 1 aromatic heterocycles. The smallest absolute Gasteiger partial charge is 0.245 e. The van der Waals surface area contributed by atoms with Crippen LogP contribution in [0.4, 0.5) is 0 Å². The van der Waals surface area contributed by atoms with Gasteiger partial charge < -0.3 is 0 Å². The van der Waals surface area contributed by atoms with Crippen LogP contribution in [0, 0.1) is 35.9 Å². The molecule has 0 spiro atoms. The van der Waals surface area contributed by atoms with Gasteiger partial charge in [0.15, 0.2) is 0 Å². The molecular formula is C27H39N3O3. The molecule has 0 N–H and O–H groups in total. The Morgan fingerprint density at radius 3 is 0.970 bits per heavy atom. The number of hydrogen-bond donors (Lipinski definition) is 0. The van der Waals surface area contributed by atoms with Gasteiger partial charge in [0.05, 0.1) is 0 Å². The van der Waals surface area contributed by atoms with E-state index in [1.54, 1.807) is 0 Å². The molecule has 0 atom stereocenters. The fraction of sp³-hybridized carbons (Fsp3) is 0.667. The van der Waals surface area contributed by atoms with Gasteiger partial charge in [0, 0.05) is 37.4 Å². The van der Waals surface area contributed by atoms with E-state index in [0.29, 0.717) is 19.3 Å². The van der Waals surface area contributed by atoms with Gasteiger partial charge in [0.1, 0.15) is 0 Å². The molecule has 6 heteroatoms. The van der Waals surface area contributed by atoms with Gasteiger partial charge in [-0.05, 0) is 19.3 Å². The van der Waals surface area contributed by atoms with Crippen LogP contribution < -0.4 is 17.1 Å². The van der Waals surface area contributed by atoms with Crippen molar-refractivity contribution >= 4 is 0 Å². The molecule has 0 saturated heterocycles. The van der Waals surface area contributed by atoms with Crippen LogP contribution in [0.25, 0.3) is 0 Å². The third-order valence-corrected chi connectivity index (χ3v) is 5.19. The van der Waals surface area contributed by atoms with E-state index in [1.165, 1.54) is 0 Å². The largest absolute Gasteiger partial charge is 0.360 e. The highest BCUT2D eigenvalue weighted by Crippen LogP contribution is 2.02. The van der Waals surface area contributed by atoms with Crippen molar-refractivity contribution in [2.24, 2.45) is 0 Å². The minimum atomic E-state index is -0.826. The quantitative estimate of drug-likeness (QED) is 0.345. The van der Waals surface area contributed by atoms with Crippen molar-refractivity contribution < 1.29 is 0 Å². The molecule has 1 rings (SSSR count). The van der Waals surface area contributed by atoms with E-state index in [0.717, 1.165) is 90.8 Å². The normalized spacial score (nSPS) is 9.91. The summed E-state index contributed by atoms with van der Waals surface area (Å²) in [5.41, 5.74) is -2.48. The van der Waals surface area contributed by atoms with Crippen LogP contribution in [0.1, 0.15) is 117 Å². The highest BCUT2D eigenvalue weighted by Gasteiger charge is 2.12. The second kappa shape index (κ2) is 17.6. The summed E-state index contributed by atoms with van der Waals surface area (Å²) in [5, 5.41) is 0. The summed E-state index contributed by atoms with van der Waals surface area (Å²) in [6.45, 7) is 6.39. The highest BCUT2D eigenvalue weighted by molar-refractivity contribution is 5.11. The molecule has 0 saturated carbocycles. The Bertz CT molecular complexity index is 904. The lowest BCUT2D eigenvalue weighted by Gasteiger charge is -2.02. The van der Waals surface area contributed by atoms with Crippen molar-refractivity contribution in [1.29, 1.82) is 0 Å². The fourth-order valence-corrected chi connectivity index (χ4v) is 3.16. The van der Waals surface area contributed by atoms with Crippen molar-refractivity contribution in [3.63, 3.8) is 0 Å². The van der Waals surface area contributed by atoms with E-state index in [9.17, 15) is 14.4 Å². The van der Waals surface area contributed by atoms with Gasteiger partial charge in [0.2, 0.25) is 0 Å². The van der Waals surface area contributed by atoms with Crippen LogP contribution in [0.15, 0.2) is 14.4 Å². The lowest BCUT2D eigenvalue weighted by atomic mass is 10.2. The summed E-state index contributed by atoms with van der Waals surface area (Å²) in [7, 11) is 0. The van der Waals surface area contributed by atoms with Crippen molar-refractivity contribution in [3.05, 3.63) is 31.5 Å². The van der Waals surface area contributed by atoms with E-state index >= 15 is 0 Å². The Balaban J connectivity index is 3.23. The molecule has 0 amide bonds. The Morgan fingerprint density at radius 2 is 0.727 bits per heavy atom. The first kappa shape index (κ1) is 28.1. The summed E-state index contributed by atoms with van der Waals surface area (Å²) in [6.07, 6.45) is 14.3. The van der Waals surface area contributed by atoms with E-state index in [1.807, 2.05) is 0 Å². The first-order valence-electron chi connectivity index (χ1n) is 12.6. The van der Waals surface area contributed by atoms with Gasteiger partial charge in [-0.2, -0.15) is 13.7 Å². The average molecular weight is 454 g/mol. The minimum Gasteiger partial charge on any atom is -0.245 e. The van der Waals surface area contributed by atoms with Crippen LogP contribution in [0.2, 0.25) is 0 Å². The zero-order chi connectivity index (χ0) is 24.3. The predicted molar refractivity (Wildman–Crippen MR) is 135 cm³/mol. The first-order chi connectivity index (χ1) is 16.1. The van der Waals surface area contributed by atoms with Crippen molar-refractivity contribution in [1.82, 2.24) is 13.7 Å². The molecule has 0 aliphatic rings. The SMILES string of the molecule is CCCCCCC#Cn1c(=O)n(C#CCCCCCC)c(=O)n(C#CCCCCCC)c1=O. The summed E-state index contributed by atoms with van der Waals surface area (Å²) in [6, 6.07) is 7.89. The third-order valence-electron chi connectivity index (χ3n) is 5.19. The number of rotatable bonds is 12. The molecule has 180 valence electrons. The predicted octanol–water partition coefficient (Wildman–Crippen LogP) is 4.51. The molecule has 0 unspecified atom stereocenters. The lowest BCUT2D eigenvalue weighted by Crippen LogP contribution is -2.51. The van der Waals surface area contributed by atoms with Crippen LogP contribution in [0.5, 0.6) is 0 Å². The molecule has 1 aromatic rings. The van der Waals surface area contributed by atoms with Gasteiger partial charge in [-0.1, -0.05) is 96.3 Å². The number of unbranched alkanes of at least 4 members (excludes halogenated alkanes) is 12. The minimum absolute atomic E-state index is 0.581. The zero-order valence-electron chi connectivity index (χ0n) is 20.7. The van der Waals surface area contributed by atoms with Crippen LogP contribution in [-0.2, 0) is 0 Å². The van der Waals surface area contributed by atoms with Crippen molar-refractivity contribution in [3.8, 4) is 35.9 Å². The first-order valence-corrected chi connectivity index (χ1v) is 12.6. The van der Waals surface area contributed by atoms with Crippen LogP contribution in [0.3, 0.4) is 0 Å². The molecule has 0 radical (unpaired) electrons. The summed E-state index contributed by atoms with van der Waals surface area (Å²) < 4.78 is 2.29. The maximum atomic E-state index is 12.8. The van der Waals surface area contributed by atoms with Crippen LogP contribution >= 0.6 is 0 Å². The van der Waals surface area contributed by atoms with Crippen molar-refractivity contribution in [2.45, 2.75) is 117 Å². The third kappa shape index (κ3) is 10.5. The van der Waals surface area contributed by atoms with Crippen LogP contribution in [-0.4, -0.2) is 13.7 Å². The van der Waals surface area contributed by atoms with Gasteiger partial charge in [-0.25, -0.2) is 14.4 Å². The molecule has 33 heavy (non-hydrogen) atoms. The summed E-state index contributed by atoms with van der Waals surface area (Å²) in [4.78, 5) is 38.4. The van der Waals surface area contributed by atoms with Gasteiger partial charge in [-0.15, -0.1) is 0 Å². The van der Waals surface area contributed by atoms with E-state index in [2.05, 4.69) is 56.7 Å². The molecular weight excluding hydrogens is 414 g/mol. The maximum absolute atomic E-state index is 12.8. The average Bonchev–Trinajstić information content (AvgIpc) is 2.81. The molecule has 0 aromatic carbocycles. The maximum Gasteiger partial charge on any atom is 0.360 e. The number of nitrogens with zero attached hydrogens (tertiary/aromatic N) is 3. The molecule has 0 bridgehead atoms. The Morgan fingerprint density at radius 1 is 0.455 bits per heavy atom. The Kier molecular flexibility index (Phi) is 15.0. The monoisotopic (exact) mass is 453 g/mol. The molecule has 6 nitrogen and oxygen atoms in total. The molecule has 0 aliphatic heterocycles. The standard InChI is InChI=1S/C27H39N3O3/c1-4-7-10-13-16-19-22-28-25(31)29(23-20-17-14-11-8-5-2)27(33)30(26(28)32)24-21-18-15-12-9-6-3/h4-18H2,1-3H3. The van der Waals surface area contributed by atoms with Gasteiger partial charge >= 0.3 is 17.1 Å². The topological polar surface area (TPSA) is 66.0 Å². The van der Waals surface area contributed by atoms with E-state index in [-0.39, 0.29) is 0 Å². The van der Waals surface area contributed by atoms with E-state index < -0.39 is 17.1 Å². The second-order valence-corrected chi connectivity index (χ2v) is 8.15. The Labute approximate surface area is 198 Å². The second-order valence-electron chi connectivity index (χ2n) is 8.15. The van der Waals surface area contributed by atoms with Gasteiger partial charge in [0.25, 0.3) is 0 Å². The fourth-order valence-electron chi connectivity index (χ4n) is 3.16. The lowest BCUT2D eigenvalue weighted by molar-refractivity contribution is 0.670. The molecule has 1 heterocycles. The van der Waals surface area contributed by atoms with Gasteiger partial charge in [-0.3, -0.25) is 0 Å². The summed E-state index contributed by atoms with van der Waals surface area (Å²) in [5.74, 6) is 8.65. The number of hydrogen-bond acceptors (Lipinski definition) is 3. The number of aromatic nitrogens is 3. The molecule has 0 aliphatic carbocycles.